The zero-order chi connectivity index (χ0) is 16.1. The van der Waals surface area contributed by atoms with Gasteiger partial charge in [0.05, 0.1) is 25.9 Å². The third-order valence-corrected chi connectivity index (χ3v) is 3.53. The van der Waals surface area contributed by atoms with Crippen LogP contribution in [0.25, 0.3) is 0 Å². The van der Waals surface area contributed by atoms with Gasteiger partial charge in [-0.15, -0.1) is 0 Å². The van der Waals surface area contributed by atoms with Crippen LogP contribution >= 0.6 is 0 Å². The first-order chi connectivity index (χ1) is 10.6. The number of hydrogen-bond donors (Lipinski definition) is 0. The summed E-state index contributed by atoms with van der Waals surface area (Å²) in [5.74, 6) is -0.836. The van der Waals surface area contributed by atoms with Crippen molar-refractivity contribution in [3.05, 3.63) is 41.6 Å². The Kier molecular flexibility index (Phi) is 4.79. The number of allylic oxidation sites excluding steroid dienone is 1. The molecule has 1 aromatic carbocycles. The minimum absolute atomic E-state index is 0.363. The van der Waals surface area contributed by atoms with Crippen molar-refractivity contribution in [1.82, 2.24) is 0 Å². The second-order valence-corrected chi connectivity index (χ2v) is 4.77. The van der Waals surface area contributed by atoms with E-state index in [2.05, 4.69) is 4.74 Å². The van der Waals surface area contributed by atoms with E-state index in [9.17, 15) is 9.59 Å². The van der Waals surface area contributed by atoms with Gasteiger partial charge in [0.15, 0.2) is 0 Å². The van der Waals surface area contributed by atoms with Gasteiger partial charge in [-0.2, -0.15) is 5.26 Å². The number of methoxy groups -OCH3 is 2. The maximum absolute atomic E-state index is 12.0. The molecule has 1 atom stereocenters. The predicted octanol–water partition coefficient (Wildman–Crippen LogP) is 1.76. The largest absolute Gasteiger partial charge is 0.467 e. The van der Waals surface area contributed by atoms with Crippen molar-refractivity contribution in [2.24, 2.45) is 0 Å². The van der Waals surface area contributed by atoms with Gasteiger partial charge < -0.3 is 14.4 Å². The van der Waals surface area contributed by atoms with Crippen LogP contribution in [0.3, 0.4) is 0 Å². The highest BCUT2D eigenvalue weighted by molar-refractivity contribution is 5.87. The van der Waals surface area contributed by atoms with Crippen LogP contribution < -0.4 is 4.90 Å². The fraction of sp³-hybridized carbons (Fsp3) is 0.312. The Morgan fingerprint density at radius 3 is 2.50 bits per heavy atom. The van der Waals surface area contributed by atoms with E-state index in [-0.39, 0.29) is 5.97 Å². The predicted molar refractivity (Wildman–Crippen MR) is 78.8 cm³/mol. The first-order valence-corrected chi connectivity index (χ1v) is 6.76. The Morgan fingerprint density at radius 2 is 1.95 bits per heavy atom. The SMILES string of the molecule is COC(=O)/C=C1\CC[C@@H](C(=O)OC)N1c1ccc(C#N)cc1. The van der Waals surface area contributed by atoms with Crippen molar-refractivity contribution in [2.45, 2.75) is 18.9 Å². The Balaban J connectivity index is 2.40. The lowest BCUT2D eigenvalue weighted by Crippen LogP contribution is -2.36. The maximum Gasteiger partial charge on any atom is 0.332 e. The van der Waals surface area contributed by atoms with Crippen molar-refractivity contribution >= 4 is 17.6 Å². The summed E-state index contributed by atoms with van der Waals surface area (Å²) in [5.41, 5.74) is 1.94. The van der Waals surface area contributed by atoms with Gasteiger partial charge in [0.25, 0.3) is 0 Å². The molecular weight excluding hydrogens is 284 g/mol. The van der Waals surface area contributed by atoms with Crippen LogP contribution in [-0.2, 0) is 19.1 Å². The topological polar surface area (TPSA) is 79.6 Å². The monoisotopic (exact) mass is 300 g/mol. The Bertz CT molecular complexity index is 643. The van der Waals surface area contributed by atoms with Crippen LogP contribution in [0.5, 0.6) is 0 Å². The average Bonchev–Trinajstić information content (AvgIpc) is 2.97. The van der Waals surface area contributed by atoms with Crippen LogP contribution in [-0.4, -0.2) is 32.2 Å². The number of esters is 2. The van der Waals surface area contributed by atoms with Gasteiger partial charge in [-0.25, -0.2) is 9.59 Å². The molecule has 1 aliphatic rings. The van der Waals surface area contributed by atoms with E-state index in [1.54, 1.807) is 29.2 Å². The fourth-order valence-electron chi connectivity index (χ4n) is 2.47. The van der Waals surface area contributed by atoms with Crippen LogP contribution in [0.4, 0.5) is 5.69 Å². The molecule has 6 nitrogen and oxygen atoms in total. The number of nitrogens with zero attached hydrogens (tertiary/aromatic N) is 2. The third-order valence-electron chi connectivity index (χ3n) is 3.53. The maximum atomic E-state index is 12.0. The zero-order valence-electron chi connectivity index (χ0n) is 12.4. The van der Waals surface area contributed by atoms with Gasteiger partial charge in [0, 0.05) is 17.5 Å². The number of carbonyl (C=O) groups excluding carboxylic acids is 2. The summed E-state index contributed by atoms with van der Waals surface area (Å²) in [4.78, 5) is 25.2. The van der Waals surface area contributed by atoms with Crippen molar-refractivity contribution in [1.29, 1.82) is 5.26 Å². The standard InChI is InChI=1S/C16H16N2O4/c1-21-15(19)9-13-7-8-14(16(20)22-2)18(13)12-5-3-11(10-17)4-6-12/h3-6,9,14H,7-8H2,1-2H3/b13-9+/t14-/m0/s1. The first kappa shape index (κ1) is 15.6. The van der Waals surface area contributed by atoms with Crippen LogP contribution in [0.1, 0.15) is 18.4 Å². The molecule has 0 bridgehead atoms. The molecule has 0 spiro atoms. The number of ether oxygens (including phenoxy) is 2. The summed E-state index contributed by atoms with van der Waals surface area (Å²) in [5, 5.41) is 8.86. The zero-order valence-corrected chi connectivity index (χ0v) is 12.4. The number of nitriles is 1. The lowest BCUT2D eigenvalue weighted by Gasteiger charge is -2.26. The van der Waals surface area contributed by atoms with Crippen molar-refractivity contribution in [2.75, 3.05) is 19.1 Å². The van der Waals surface area contributed by atoms with E-state index >= 15 is 0 Å². The molecule has 1 saturated heterocycles. The molecule has 1 fully saturated rings. The highest BCUT2D eigenvalue weighted by atomic mass is 16.5. The van der Waals surface area contributed by atoms with E-state index in [4.69, 9.17) is 10.00 Å². The van der Waals surface area contributed by atoms with E-state index < -0.39 is 12.0 Å². The summed E-state index contributed by atoms with van der Waals surface area (Å²) in [7, 11) is 2.64. The molecule has 0 saturated carbocycles. The van der Waals surface area contributed by atoms with E-state index in [0.29, 0.717) is 24.1 Å². The van der Waals surface area contributed by atoms with Crippen molar-refractivity contribution in [3.8, 4) is 6.07 Å². The molecule has 1 heterocycles. The number of rotatable bonds is 3. The highest BCUT2D eigenvalue weighted by Gasteiger charge is 2.35. The minimum Gasteiger partial charge on any atom is -0.467 e. The van der Waals surface area contributed by atoms with Gasteiger partial charge >= 0.3 is 11.9 Å². The number of anilines is 1. The quantitative estimate of drug-likeness (QED) is 0.625. The van der Waals surface area contributed by atoms with Crippen molar-refractivity contribution < 1.29 is 19.1 Å². The highest BCUT2D eigenvalue weighted by Crippen LogP contribution is 2.34. The van der Waals surface area contributed by atoms with Gasteiger partial charge in [-0.3, -0.25) is 0 Å². The molecule has 0 unspecified atom stereocenters. The smallest absolute Gasteiger partial charge is 0.332 e. The summed E-state index contributed by atoms with van der Waals surface area (Å²) in [6, 6.07) is 8.36. The molecule has 6 heteroatoms. The van der Waals surface area contributed by atoms with E-state index in [1.165, 1.54) is 20.3 Å². The van der Waals surface area contributed by atoms with E-state index in [1.807, 2.05) is 6.07 Å². The second kappa shape index (κ2) is 6.76. The van der Waals surface area contributed by atoms with Crippen LogP contribution in [0, 0.1) is 11.3 Å². The number of carbonyl (C=O) groups is 2. The fourth-order valence-corrected chi connectivity index (χ4v) is 2.47. The summed E-state index contributed by atoms with van der Waals surface area (Å²) < 4.78 is 9.49. The molecule has 2 rings (SSSR count). The first-order valence-electron chi connectivity index (χ1n) is 6.76. The summed E-state index contributed by atoms with van der Waals surface area (Å²) in [6.07, 6.45) is 2.49. The molecular formula is C16H16N2O4. The Hall–Kier alpha value is -2.81. The van der Waals surface area contributed by atoms with Gasteiger partial charge in [0.1, 0.15) is 6.04 Å². The number of benzene rings is 1. The third kappa shape index (κ3) is 3.09. The summed E-state index contributed by atoms with van der Waals surface area (Å²) in [6.45, 7) is 0. The molecule has 1 aliphatic heterocycles. The summed E-state index contributed by atoms with van der Waals surface area (Å²) >= 11 is 0. The molecule has 0 radical (unpaired) electrons. The second-order valence-electron chi connectivity index (χ2n) is 4.77. The molecule has 0 N–H and O–H groups in total. The average molecular weight is 300 g/mol. The Morgan fingerprint density at radius 1 is 1.27 bits per heavy atom. The van der Waals surface area contributed by atoms with Gasteiger partial charge in [-0.05, 0) is 37.1 Å². The van der Waals surface area contributed by atoms with Gasteiger partial charge in [-0.1, -0.05) is 0 Å². The molecule has 0 aromatic heterocycles. The Labute approximate surface area is 128 Å². The molecule has 0 aliphatic carbocycles. The molecule has 114 valence electrons. The number of hydrogen-bond acceptors (Lipinski definition) is 6. The molecule has 0 amide bonds. The molecule has 1 aromatic rings. The minimum atomic E-state index is -0.492. The van der Waals surface area contributed by atoms with Gasteiger partial charge in [0.2, 0.25) is 0 Å². The molecule has 22 heavy (non-hydrogen) atoms. The van der Waals surface area contributed by atoms with Crippen LogP contribution in [0.2, 0.25) is 0 Å². The van der Waals surface area contributed by atoms with E-state index in [0.717, 1.165) is 5.69 Å². The lowest BCUT2D eigenvalue weighted by atomic mass is 10.2. The van der Waals surface area contributed by atoms with Crippen molar-refractivity contribution in [3.63, 3.8) is 0 Å². The van der Waals surface area contributed by atoms with Crippen LogP contribution in [0.15, 0.2) is 36.0 Å². The lowest BCUT2D eigenvalue weighted by molar-refractivity contribution is -0.142. The normalized spacial score (nSPS) is 18.9.